The highest BCUT2D eigenvalue weighted by Gasteiger charge is 2.77. The zero-order valence-electron chi connectivity index (χ0n) is 23.4. The summed E-state index contributed by atoms with van der Waals surface area (Å²) in [7, 11) is 2.17. The topological polar surface area (TPSA) is 131 Å². The molecule has 0 bridgehead atoms. The van der Waals surface area contributed by atoms with Gasteiger partial charge in [0.15, 0.2) is 44.5 Å². The molecule has 0 unspecified atom stereocenters. The Kier molecular flexibility index (Phi) is 7.17. The molecular weight excluding hydrogens is 670 g/mol. The summed E-state index contributed by atoms with van der Waals surface area (Å²) in [4.78, 5) is 61.7. The number of benzene rings is 2. The molecule has 242 valence electrons. The van der Waals surface area contributed by atoms with Crippen molar-refractivity contribution in [2.75, 3.05) is 19.1 Å². The standard InChI is InChI=1S/C29H19Cl2F5N2O8/c1-45-14-6-3-9(7-13(14)39)16-10-4-5-11-15(24(41)38(23(11)40)27(44)46-2)12(10)8-28(30)25(42)37(26(43)29(16,28)31)22-20(35)18(33)17(32)19(34)21(22)36/h3-4,6-7,11-12,15-16,39H,5,8H2,1-2H3/t11-,12+,15-,16-,28+,29-/m0/s1. The Hall–Kier alpha value is -4.24. The second-order valence-electron chi connectivity index (χ2n) is 11.1. The van der Waals surface area contributed by atoms with E-state index in [0.717, 1.165) is 13.2 Å². The van der Waals surface area contributed by atoms with E-state index < -0.39 is 110 Å². The molecule has 2 aromatic rings. The number of phenols is 1. The molecule has 6 atom stereocenters. The van der Waals surface area contributed by atoms with Crippen LogP contribution in [0, 0.1) is 46.8 Å². The van der Waals surface area contributed by atoms with Crippen LogP contribution in [0.1, 0.15) is 24.3 Å². The van der Waals surface area contributed by atoms with Crippen molar-refractivity contribution < 1.29 is 60.5 Å². The molecule has 2 aliphatic carbocycles. The minimum atomic E-state index is -2.77. The van der Waals surface area contributed by atoms with E-state index in [1.54, 1.807) is 0 Å². The van der Waals surface area contributed by atoms with Gasteiger partial charge in [-0.25, -0.2) is 31.6 Å². The summed E-state index contributed by atoms with van der Waals surface area (Å²) >= 11 is 14.0. The number of imide groups is 4. The van der Waals surface area contributed by atoms with Crippen molar-refractivity contribution in [2.45, 2.75) is 28.5 Å². The number of hydrogen-bond acceptors (Lipinski definition) is 8. The lowest BCUT2D eigenvalue weighted by Gasteiger charge is -2.50. The number of allylic oxidation sites excluding steroid dienone is 2. The maximum absolute atomic E-state index is 15.1. The first-order valence-electron chi connectivity index (χ1n) is 13.4. The Bertz CT molecular complexity index is 1810. The van der Waals surface area contributed by atoms with Gasteiger partial charge in [-0.15, -0.1) is 23.2 Å². The summed E-state index contributed by atoms with van der Waals surface area (Å²) in [5, 5.41) is 10.6. The highest BCUT2D eigenvalue weighted by molar-refractivity contribution is 6.58. The molecule has 2 saturated heterocycles. The van der Waals surface area contributed by atoms with E-state index in [9.17, 15) is 42.3 Å². The number of methoxy groups -OCH3 is 2. The number of phenolic OH excluding ortho intramolecular Hbond substituents is 1. The molecule has 5 amide bonds. The number of alkyl halides is 2. The van der Waals surface area contributed by atoms with Crippen LogP contribution in [0.3, 0.4) is 0 Å². The minimum absolute atomic E-state index is 0.0327. The first-order chi connectivity index (χ1) is 21.6. The van der Waals surface area contributed by atoms with Crippen molar-refractivity contribution in [3.8, 4) is 11.5 Å². The fourth-order valence-corrected chi connectivity index (χ4v) is 8.03. The maximum Gasteiger partial charge on any atom is 0.423 e. The Labute approximate surface area is 265 Å². The number of halogens is 7. The molecule has 4 aliphatic rings. The van der Waals surface area contributed by atoms with Crippen molar-refractivity contribution in [3.05, 3.63) is 64.5 Å². The Balaban J connectivity index is 1.60. The molecule has 0 radical (unpaired) electrons. The number of likely N-dealkylation sites (tertiary alicyclic amines) is 1. The second kappa shape index (κ2) is 10.4. The van der Waals surface area contributed by atoms with Crippen molar-refractivity contribution >= 4 is 58.6 Å². The summed E-state index contributed by atoms with van der Waals surface area (Å²) in [6.45, 7) is 0. The molecule has 2 heterocycles. The molecule has 0 spiro atoms. The third-order valence-corrected chi connectivity index (χ3v) is 10.5. The number of aromatic hydroxyl groups is 1. The van der Waals surface area contributed by atoms with Gasteiger partial charge >= 0.3 is 6.09 Å². The first kappa shape index (κ1) is 31.7. The maximum atomic E-state index is 15.1. The lowest BCUT2D eigenvalue weighted by Crippen LogP contribution is -2.60. The summed E-state index contributed by atoms with van der Waals surface area (Å²) < 4.78 is 82.2. The lowest BCUT2D eigenvalue weighted by atomic mass is 9.56. The predicted molar refractivity (Wildman–Crippen MR) is 145 cm³/mol. The van der Waals surface area contributed by atoms with Crippen LogP contribution in [0.15, 0.2) is 29.8 Å². The highest BCUT2D eigenvalue weighted by Crippen LogP contribution is 2.66. The van der Waals surface area contributed by atoms with E-state index in [2.05, 4.69) is 4.74 Å². The normalized spacial score (nSPS) is 30.2. The van der Waals surface area contributed by atoms with Gasteiger partial charge in [0.05, 0.1) is 26.1 Å². The third kappa shape index (κ3) is 3.78. The molecule has 2 aromatic carbocycles. The zero-order valence-corrected chi connectivity index (χ0v) is 24.9. The van der Waals surface area contributed by atoms with E-state index >= 15 is 8.78 Å². The molecule has 1 saturated carbocycles. The molecule has 6 rings (SSSR count). The summed E-state index contributed by atoms with van der Waals surface area (Å²) in [5.41, 5.74) is -1.82. The first-order valence-corrected chi connectivity index (χ1v) is 14.1. The summed E-state index contributed by atoms with van der Waals surface area (Å²) in [5.74, 6) is -23.7. The number of nitrogens with zero attached hydrogens (tertiary/aromatic N) is 2. The van der Waals surface area contributed by atoms with Crippen LogP contribution < -0.4 is 9.64 Å². The minimum Gasteiger partial charge on any atom is -0.504 e. The van der Waals surface area contributed by atoms with Crippen LogP contribution in [0.4, 0.5) is 32.4 Å². The molecular formula is C29H19Cl2F5N2O8. The van der Waals surface area contributed by atoms with Gasteiger partial charge in [-0.2, -0.15) is 4.90 Å². The van der Waals surface area contributed by atoms with E-state index in [1.807, 2.05) is 0 Å². The summed E-state index contributed by atoms with van der Waals surface area (Å²) in [6.07, 6.45) is -0.786. The van der Waals surface area contributed by atoms with Crippen molar-refractivity contribution in [1.29, 1.82) is 0 Å². The monoisotopic (exact) mass is 688 g/mol. The van der Waals surface area contributed by atoms with Crippen molar-refractivity contribution in [3.63, 3.8) is 0 Å². The molecule has 17 heteroatoms. The Morgan fingerprint density at radius 2 is 1.52 bits per heavy atom. The predicted octanol–water partition coefficient (Wildman–Crippen LogP) is 4.43. The Morgan fingerprint density at radius 1 is 0.913 bits per heavy atom. The van der Waals surface area contributed by atoms with Gasteiger partial charge in [0.1, 0.15) is 5.69 Å². The number of fused-ring (bicyclic) bond motifs is 4. The van der Waals surface area contributed by atoms with E-state index in [4.69, 9.17) is 27.9 Å². The molecule has 46 heavy (non-hydrogen) atoms. The van der Waals surface area contributed by atoms with Crippen LogP contribution >= 0.6 is 23.2 Å². The van der Waals surface area contributed by atoms with Gasteiger partial charge in [-0.3, -0.25) is 19.2 Å². The van der Waals surface area contributed by atoms with Crippen LogP contribution in [-0.4, -0.2) is 63.7 Å². The molecule has 2 aliphatic heterocycles. The van der Waals surface area contributed by atoms with Crippen LogP contribution in [0.5, 0.6) is 11.5 Å². The Morgan fingerprint density at radius 3 is 2.09 bits per heavy atom. The van der Waals surface area contributed by atoms with Crippen LogP contribution in [0.25, 0.3) is 0 Å². The van der Waals surface area contributed by atoms with Gasteiger partial charge in [0.2, 0.25) is 17.6 Å². The molecule has 0 aromatic heterocycles. The molecule has 3 fully saturated rings. The van der Waals surface area contributed by atoms with Crippen LogP contribution in [0.2, 0.25) is 0 Å². The smallest absolute Gasteiger partial charge is 0.423 e. The fourth-order valence-electron chi connectivity index (χ4n) is 7.10. The van der Waals surface area contributed by atoms with E-state index in [1.165, 1.54) is 25.3 Å². The van der Waals surface area contributed by atoms with Gasteiger partial charge in [0.25, 0.3) is 11.8 Å². The number of amides is 5. The number of rotatable bonds is 3. The second-order valence-corrected chi connectivity index (χ2v) is 12.3. The highest BCUT2D eigenvalue weighted by atomic mass is 35.5. The number of hydrogen-bond donors (Lipinski definition) is 1. The number of carbonyl (C=O) groups is 5. The van der Waals surface area contributed by atoms with Gasteiger partial charge in [0, 0.05) is 5.92 Å². The van der Waals surface area contributed by atoms with Crippen molar-refractivity contribution in [2.24, 2.45) is 17.8 Å². The molecule has 1 N–H and O–H groups in total. The average Bonchev–Trinajstić information content (AvgIpc) is 3.37. The third-order valence-electron chi connectivity index (χ3n) is 9.11. The summed E-state index contributed by atoms with van der Waals surface area (Å²) in [6, 6.07) is 3.64. The van der Waals surface area contributed by atoms with Gasteiger partial charge in [-0.1, -0.05) is 17.7 Å². The van der Waals surface area contributed by atoms with Gasteiger partial charge < -0.3 is 14.6 Å². The van der Waals surface area contributed by atoms with Crippen LogP contribution in [-0.2, 0) is 23.9 Å². The van der Waals surface area contributed by atoms with E-state index in [0.29, 0.717) is 0 Å². The van der Waals surface area contributed by atoms with E-state index in [-0.39, 0.29) is 33.1 Å². The zero-order chi connectivity index (χ0) is 33.8. The largest absolute Gasteiger partial charge is 0.504 e. The van der Waals surface area contributed by atoms with Crippen molar-refractivity contribution in [1.82, 2.24) is 4.90 Å². The average molecular weight is 689 g/mol. The van der Waals surface area contributed by atoms with Gasteiger partial charge in [-0.05, 0) is 36.5 Å². The number of anilines is 1. The SMILES string of the molecule is COC(=O)N1C(=O)[C@H]2[C@H](CC=C3[C@H]2C[C@@]2(Cl)C(=O)N(c4c(F)c(F)c(F)c(F)c4F)C(=O)[C@@]2(Cl)[C@H]3c2ccc(OC)c(O)c2)C1=O. The fraction of sp³-hybridized carbons (Fsp3) is 0.345. The quantitative estimate of drug-likeness (QED) is 0.125. The molecule has 10 nitrogen and oxygen atoms in total. The number of ether oxygens (including phenoxy) is 2. The lowest BCUT2D eigenvalue weighted by molar-refractivity contribution is -0.138. The number of carbonyl (C=O) groups excluding carboxylic acids is 5.